The van der Waals surface area contributed by atoms with Gasteiger partial charge >= 0.3 is 0 Å². The second-order valence-electron chi connectivity index (χ2n) is 17.8. The van der Waals surface area contributed by atoms with Gasteiger partial charge in [-0.1, -0.05) is 126 Å². The summed E-state index contributed by atoms with van der Waals surface area (Å²) in [7, 11) is -4.63. The van der Waals surface area contributed by atoms with Crippen molar-refractivity contribution in [2.75, 3.05) is 0 Å². The monoisotopic (exact) mass is 698 g/mol. The van der Waals surface area contributed by atoms with Gasteiger partial charge in [-0.3, -0.25) is 0 Å². The fourth-order valence-electron chi connectivity index (χ4n) is 7.07. The summed E-state index contributed by atoms with van der Waals surface area (Å²) in [6, 6.07) is 0. The average Bonchev–Trinajstić information content (AvgIpc) is 2.96. The molecule has 49 heavy (non-hydrogen) atoms. The summed E-state index contributed by atoms with van der Waals surface area (Å²) in [4.78, 5) is 0. The zero-order valence-corrected chi connectivity index (χ0v) is 38.1. The van der Waals surface area contributed by atoms with E-state index in [-0.39, 0.29) is 6.71 Å². The van der Waals surface area contributed by atoms with Gasteiger partial charge in [0.05, 0.1) is 0 Å². The fraction of sp³-hybridized carbons (Fsp3) is 0.467. The second kappa shape index (κ2) is 14.4. The first-order valence-corrected chi connectivity index (χ1v) is 28.6. The van der Waals surface area contributed by atoms with Crippen LogP contribution in [0.15, 0.2) is 0 Å². The van der Waals surface area contributed by atoms with E-state index in [2.05, 4.69) is 176 Å². The van der Waals surface area contributed by atoms with E-state index in [4.69, 9.17) is 0 Å². The molecule has 0 fully saturated rings. The maximum absolute atomic E-state index is 3.69. The lowest BCUT2D eigenvalue weighted by molar-refractivity contribution is 1.22. The molecule has 0 aromatic heterocycles. The SMILES string of the molecule is Cc1c(C)c(B(c2c(C)c(C)c(C#C[Si](C)(C)C)c(C)c2C)c2c(C)c(C)c(C#C[Si](C)(C)C)c(C)c2C)c(C)c(C)c1C#C[Si](C)(C)C. The Kier molecular flexibility index (Phi) is 11.9. The lowest BCUT2D eigenvalue weighted by Gasteiger charge is -2.32. The Morgan fingerprint density at radius 3 is 0.592 bits per heavy atom. The van der Waals surface area contributed by atoms with E-state index in [0.717, 1.165) is 0 Å². The molecule has 0 nitrogen and oxygen atoms in total. The van der Waals surface area contributed by atoms with Crippen LogP contribution < -0.4 is 16.4 Å². The van der Waals surface area contributed by atoms with Crippen LogP contribution >= 0.6 is 0 Å². The molecule has 3 aromatic rings. The fourth-order valence-corrected chi connectivity index (χ4v) is 8.57. The molecule has 3 aromatic carbocycles. The predicted molar refractivity (Wildman–Crippen MR) is 231 cm³/mol. The van der Waals surface area contributed by atoms with Crippen molar-refractivity contribution in [1.29, 1.82) is 0 Å². The van der Waals surface area contributed by atoms with Gasteiger partial charge in [-0.25, -0.2) is 0 Å². The van der Waals surface area contributed by atoms with Crippen LogP contribution in [0.1, 0.15) is 83.5 Å². The van der Waals surface area contributed by atoms with Crippen LogP contribution in [-0.4, -0.2) is 30.9 Å². The topological polar surface area (TPSA) is 0 Å². The number of benzene rings is 3. The van der Waals surface area contributed by atoms with E-state index >= 15 is 0 Å². The van der Waals surface area contributed by atoms with E-state index in [1.165, 1.54) is 99.8 Å². The third-order valence-electron chi connectivity index (χ3n) is 10.6. The first-order chi connectivity index (χ1) is 22.2. The van der Waals surface area contributed by atoms with Crippen molar-refractivity contribution in [2.24, 2.45) is 0 Å². The summed E-state index contributed by atoms with van der Waals surface area (Å²) in [5.74, 6) is 11.1. The van der Waals surface area contributed by atoms with Gasteiger partial charge in [-0.05, 0) is 116 Å². The highest BCUT2D eigenvalue weighted by atomic mass is 28.3. The van der Waals surface area contributed by atoms with E-state index in [1.54, 1.807) is 0 Å². The lowest BCUT2D eigenvalue weighted by Crippen LogP contribution is -2.58. The number of hydrogen-bond donors (Lipinski definition) is 0. The third-order valence-corrected chi connectivity index (χ3v) is 13.2. The highest BCUT2D eigenvalue weighted by molar-refractivity contribution is 6.97. The lowest BCUT2D eigenvalue weighted by atomic mass is 9.32. The molecule has 0 aliphatic heterocycles. The van der Waals surface area contributed by atoms with Gasteiger partial charge in [0.2, 0.25) is 6.71 Å². The largest absolute Gasteiger partial charge is 0.243 e. The van der Waals surface area contributed by atoms with Crippen LogP contribution in [0, 0.1) is 117 Å². The van der Waals surface area contributed by atoms with Crippen LogP contribution in [0.2, 0.25) is 58.9 Å². The molecule has 4 heteroatoms. The maximum Gasteiger partial charge on any atom is 0.243 e. The Morgan fingerprint density at radius 1 is 0.286 bits per heavy atom. The van der Waals surface area contributed by atoms with E-state index in [1.807, 2.05) is 0 Å². The van der Waals surface area contributed by atoms with Crippen molar-refractivity contribution < 1.29 is 0 Å². The molecular weight excluding hydrogens is 636 g/mol. The number of hydrogen-bond acceptors (Lipinski definition) is 0. The van der Waals surface area contributed by atoms with Crippen LogP contribution in [0.25, 0.3) is 0 Å². The maximum atomic E-state index is 3.69. The summed E-state index contributed by atoms with van der Waals surface area (Å²) in [5.41, 5.74) is 35.1. The molecule has 0 aliphatic carbocycles. The predicted octanol–water partition coefficient (Wildman–Crippen LogP) is 9.59. The molecule has 3 rings (SSSR count). The molecule has 0 bridgehead atoms. The minimum Gasteiger partial charge on any atom is -0.127 e. The summed E-state index contributed by atoms with van der Waals surface area (Å²) in [6.45, 7) is 48.9. The van der Waals surface area contributed by atoms with Gasteiger partial charge in [0.15, 0.2) is 0 Å². The van der Waals surface area contributed by atoms with Gasteiger partial charge in [0.25, 0.3) is 0 Å². The van der Waals surface area contributed by atoms with Crippen molar-refractivity contribution in [1.82, 2.24) is 0 Å². The molecule has 0 aliphatic rings. The van der Waals surface area contributed by atoms with Gasteiger partial charge in [-0.15, -0.1) is 16.6 Å². The van der Waals surface area contributed by atoms with Crippen molar-refractivity contribution in [3.8, 4) is 34.4 Å². The van der Waals surface area contributed by atoms with Gasteiger partial charge < -0.3 is 0 Å². The Hall–Kier alpha value is -2.94. The van der Waals surface area contributed by atoms with Gasteiger partial charge in [0.1, 0.15) is 24.2 Å². The molecule has 0 heterocycles. The molecule has 0 saturated carbocycles. The van der Waals surface area contributed by atoms with E-state index in [0.29, 0.717) is 0 Å². The van der Waals surface area contributed by atoms with Crippen molar-refractivity contribution in [3.63, 3.8) is 0 Å². The summed E-state index contributed by atoms with van der Waals surface area (Å²) < 4.78 is 0. The smallest absolute Gasteiger partial charge is 0.127 e. The number of rotatable bonds is 3. The molecule has 0 unspecified atom stereocenters. The highest BCUT2D eigenvalue weighted by Crippen LogP contribution is 2.27. The minimum atomic E-state index is -1.54. The Bertz CT molecular complexity index is 1710. The molecule has 0 amide bonds. The van der Waals surface area contributed by atoms with Gasteiger partial charge in [0, 0.05) is 16.7 Å². The Labute approximate surface area is 305 Å². The molecule has 0 saturated heterocycles. The quantitative estimate of drug-likeness (QED) is 0.189. The summed E-state index contributed by atoms with van der Waals surface area (Å²) in [5, 5.41) is 0. The summed E-state index contributed by atoms with van der Waals surface area (Å²) in [6.07, 6.45) is 0. The van der Waals surface area contributed by atoms with Crippen LogP contribution in [-0.2, 0) is 0 Å². The molecular formula is C45H63BSi3. The van der Waals surface area contributed by atoms with Crippen molar-refractivity contribution in [3.05, 3.63) is 83.5 Å². The van der Waals surface area contributed by atoms with E-state index < -0.39 is 24.2 Å². The molecule has 0 radical (unpaired) electrons. The van der Waals surface area contributed by atoms with Crippen molar-refractivity contribution >= 4 is 47.3 Å². The van der Waals surface area contributed by atoms with Crippen LogP contribution in [0.4, 0.5) is 0 Å². The van der Waals surface area contributed by atoms with Crippen LogP contribution in [0.5, 0.6) is 0 Å². The van der Waals surface area contributed by atoms with Gasteiger partial charge in [-0.2, -0.15) is 0 Å². The Balaban J connectivity index is 2.67. The average molecular weight is 699 g/mol. The first kappa shape index (κ1) is 40.5. The highest BCUT2D eigenvalue weighted by Gasteiger charge is 2.35. The molecule has 0 atom stereocenters. The minimum absolute atomic E-state index is 0.0733. The van der Waals surface area contributed by atoms with E-state index in [9.17, 15) is 0 Å². The molecule has 0 spiro atoms. The van der Waals surface area contributed by atoms with Crippen LogP contribution in [0.3, 0.4) is 0 Å². The Morgan fingerprint density at radius 2 is 0.449 bits per heavy atom. The first-order valence-electron chi connectivity index (χ1n) is 18.1. The normalized spacial score (nSPS) is 11.7. The summed E-state index contributed by atoms with van der Waals surface area (Å²) >= 11 is 0. The molecule has 258 valence electrons. The van der Waals surface area contributed by atoms with Crippen molar-refractivity contribution in [2.45, 2.75) is 142 Å². The third kappa shape index (κ3) is 8.51. The standard InChI is InChI=1S/C45H63BSi3/c1-28-34(7)43(35(8)29(2)40(28)22-25-47(13,14)15)46(44-36(9)30(3)41(31(4)37(44)10)23-26-48(16,17)18)45-38(11)32(5)42(33(6)39(45)12)24-27-49(19,20)21/h1-21H3. The molecule has 0 N–H and O–H groups in total. The zero-order chi connectivity index (χ0) is 37.7. The second-order valence-corrected chi connectivity index (χ2v) is 32.0. The zero-order valence-electron chi connectivity index (χ0n) is 35.1.